The first kappa shape index (κ1) is 20.5. The number of aryl methyl sites for hydroxylation is 1. The van der Waals surface area contributed by atoms with Crippen LogP contribution in [0.4, 0.5) is 0 Å². The number of nitrogens with zero attached hydrogens (tertiary/aromatic N) is 3. The number of hydrogen-bond donors (Lipinski definition) is 0. The van der Waals surface area contributed by atoms with Gasteiger partial charge in [0.05, 0.1) is 16.1 Å². The number of hydrogen-bond acceptors (Lipinski definition) is 3. The van der Waals surface area contributed by atoms with Crippen LogP contribution in [0.15, 0.2) is 42.5 Å². The number of halogens is 2. The van der Waals surface area contributed by atoms with E-state index in [-0.39, 0.29) is 0 Å². The summed E-state index contributed by atoms with van der Waals surface area (Å²) >= 11 is 12.2. The Hall–Kier alpha value is -1.75. The van der Waals surface area contributed by atoms with E-state index >= 15 is 0 Å². The van der Waals surface area contributed by atoms with Gasteiger partial charge in [0.2, 0.25) is 0 Å². The zero-order chi connectivity index (χ0) is 20.2. The van der Waals surface area contributed by atoms with Gasteiger partial charge >= 0.3 is 0 Å². The molecule has 1 aliphatic rings. The second-order valence-corrected chi connectivity index (χ2v) is 8.79. The fraction of sp³-hybridized carbons (Fsp3) is 0.435. The molecule has 1 unspecified atom stereocenters. The van der Waals surface area contributed by atoms with Gasteiger partial charge in [0.25, 0.3) is 0 Å². The molecule has 0 aliphatic carbocycles. The van der Waals surface area contributed by atoms with E-state index in [0.29, 0.717) is 22.4 Å². The quantitative estimate of drug-likeness (QED) is 0.456. The molecule has 4 rings (SSSR count). The maximum absolute atomic E-state index is 6.26. The lowest BCUT2D eigenvalue weighted by Crippen LogP contribution is -2.32. The molecule has 0 bridgehead atoms. The van der Waals surface area contributed by atoms with Gasteiger partial charge in [0, 0.05) is 18.1 Å². The summed E-state index contributed by atoms with van der Waals surface area (Å²) in [5.74, 6) is 2.36. The summed E-state index contributed by atoms with van der Waals surface area (Å²) in [5, 5.41) is 1.12. The highest BCUT2D eigenvalue weighted by atomic mass is 35.5. The van der Waals surface area contributed by atoms with Crippen LogP contribution in [0.2, 0.25) is 10.0 Å². The van der Waals surface area contributed by atoms with Crippen molar-refractivity contribution in [1.82, 2.24) is 14.5 Å². The maximum Gasteiger partial charge on any atom is 0.147 e. The second-order valence-electron chi connectivity index (χ2n) is 7.94. The average molecular weight is 432 g/mol. The van der Waals surface area contributed by atoms with Crippen molar-refractivity contribution in [3.8, 4) is 5.75 Å². The van der Waals surface area contributed by atoms with E-state index in [1.54, 1.807) is 18.2 Å². The number of para-hydroxylation sites is 2. The number of aromatic nitrogens is 2. The van der Waals surface area contributed by atoms with Crippen molar-refractivity contribution in [2.75, 3.05) is 20.1 Å². The van der Waals surface area contributed by atoms with Crippen LogP contribution in [0, 0.1) is 5.92 Å². The molecule has 1 aromatic heterocycles. The van der Waals surface area contributed by atoms with Crippen LogP contribution >= 0.6 is 23.2 Å². The number of fused-ring (bicyclic) bond motifs is 1. The summed E-state index contributed by atoms with van der Waals surface area (Å²) < 4.78 is 8.28. The summed E-state index contributed by atoms with van der Waals surface area (Å²) in [5.41, 5.74) is 2.17. The highest BCUT2D eigenvalue weighted by molar-refractivity contribution is 6.35. The molecule has 1 atom stereocenters. The Labute approximate surface area is 182 Å². The van der Waals surface area contributed by atoms with Crippen molar-refractivity contribution >= 4 is 34.2 Å². The third kappa shape index (κ3) is 5.06. The SMILES string of the molecule is CN1CCCC(CCCn2c(COc3ccc(Cl)cc3Cl)nc3ccccc32)C1. The number of ether oxygens (including phenoxy) is 1. The van der Waals surface area contributed by atoms with Crippen molar-refractivity contribution in [3.05, 3.63) is 58.3 Å². The molecule has 2 heterocycles. The zero-order valence-corrected chi connectivity index (χ0v) is 18.3. The minimum absolute atomic E-state index is 0.377. The van der Waals surface area contributed by atoms with Crippen LogP contribution in [0.3, 0.4) is 0 Å². The summed E-state index contributed by atoms with van der Waals surface area (Å²) in [6, 6.07) is 13.6. The van der Waals surface area contributed by atoms with Crippen LogP contribution in [0.5, 0.6) is 5.75 Å². The molecule has 4 nitrogen and oxygen atoms in total. The molecule has 0 amide bonds. The highest BCUT2D eigenvalue weighted by Crippen LogP contribution is 2.29. The van der Waals surface area contributed by atoms with E-state index < -0.39 is 0 Å². The zero-order valence-electron chi connectivity index (χ0n) is 16.8. The molecule has 1 fully saturated rings. The lowest BCUT2D eigenvalue weighted by atomic mass is 9.94. The first-order valence-corrected chi connectivity index (χ1v) is 11.1. The number of rotatable bonds is 7. The Balaban J connectivity index is 1.46. The molecule has 154 valence electrons. The number of likely N-dealkylation sites (tertiary alicyclic amines) is 1. The number of piperidine rings is 1. The topological polar surface area (TPSA) is 30.3 Å². The lowest BCUT2D eigenvalue weighted by Gasteiger charge is -2.29. The Kier molecular flexibility index (Phi) is 6.63. The van der Waals surface area contributed by atoms with E-state index in [1.807, 2.05) is 6.07 Å². The average Bonchev–Trinajstić information content (AvgIpc) is 3.05. The molecule has 3 aromatic rings. The minimum atomic E-state index is 0.377. The van der Waals surface area contributed by atoms with E-state index in [0.717, 1.165) is 35.7 Å². The van der Waals surface area contributed by atoms with Crippen LogP contribution in [-0.2, 0) is 13.2 Å². The van der Waals surface area contributed by atoms with Gasteiger partial charge in [-0.25, -0.2) is 4.98 Å². The van der Waals surface area contributed by atoms with E-state index in [2.05, 4.69) is 34.7 Å². The van der Waals surface area contributed by atoms with E-state index in [9.17, 15) is 0 Å². The van der Waals surface area contributed by atoms with Gasteiger partial charge in [0.15, 0.2) is 0 Å². The van der Waals surface area contributed by atoms with Crippen LogP contribution < -0.4 is 4.74 Å². The predicted octanol–water partition coefficient (Wildman–Crippen LogP) is 6.04. The molecule has 0 radical (unpaired) electrons. The number of imidazole rings is 1. The van der Waals surface area contributed by atoms with Gasteiger partial charge in [-0.3, -0.25) is 0 Å². The Morgan fingerprint density at radius 1 is 1.17 bits per heavy atom. The van der Waals surface area contributed by atoms with Gasteiger partial charge < -0.3 is 14.2 Å². The fourth-order valence-electron chi connectivity index (χ4n) is 4.27. The Morgan fingerprint density at radius 3 is 2.86 bits per heavy atom. The van der Waals surface area contributed by atoms with Crippen molar-refractivity contribution < 1.29 is 4.74 Å². The maximum atomic E-state index is 6.26. The Morgan fingerprint density at radius 2 is 2.03 bits per heavy atom. The third-order valence-electron chi connectivity index (χ3n) is 5.70. The molecule has 6 heteroatoms. The normalized spacial score (nSPS) is 17.7. The van der Waals surface area contributed by atoms with Crippen molar-refractivity contribution in [3.63, 3.8) is 0 Å². The molecule has 0 saturated carbocycles. The van der Waals surface area contributed by atoms with E-state index in [4.69, 9.17) is 32.9 Å². The molecular formula is C23H27Cl2N3O. The number of benzene rings is 2. The molecular weight excluding hydrogens is 405 g/mol. The van der Waals surface area contributed by atoms with Crippen LogP contribution in [0.25, 0.3) is 11.0 Å². The second kappa shape index (κ2) is 9.38. The van der Waals surface area contributed by atoms with Crippen LogP contribution in [0.1, 0.15) is 31.5 Å². The largest absolute Gasteiger partial charge is 0.484 e. The van der Waals surface area contributed by atoms with Gasteiger partial charge in [-0.05, 0) is 75.5 Å². The summed E-state index contributed by atoms with van der Waals surface area (Å²) in [4.78, 5) is 7.27. The van der Waals surface area contributed by atoms with Crippen molar-refractivity contribution in [1.29, 1.82) is 0 Å². The van der Waals surface area contributed by atoms with Gasteiger partial charge in [-0.15, -0.1) is 0 Å². The predicted molar refractivity (Wildman–Crippen MR) is 120 cm³/mol. The van der Waals surface area contributed by atoms with Crippen molar-refractivity contribution in [2.45, 2.75) is 38.8 Å². The third-order valence-corrected chi connectivity index (χ3v) is 6.23. The molecule has 1 aliphatic heterocycles. The molecule has 0 N–H and O–H groups in total. The smallest absolute Gasteiger partial charge is 0.147 e. The monoisotopic (exact) mass is 431 g/mol. The molecule has 29 heavy (non-hydrogen) atoms. The van der Waals surface area contributed by atoms with Crippen LogP contribution in [-0.4, -0.2) is 34.6 Å². The van der Waals surface area contributed by atoms with Gasteiger partial charge in [0.1, 0.15) is 18.2 Å². The first-order valence-electron chi connectivity index (χ1n) is 10.3. The van der Waals surface area contributed by atoms with Gasteiger partial charge in [-0.2, -0.15) is 0 Å². The van der Waals surface area contributed by atoms with E-state index in [1.165, 1.54) is 32.4 Å². The van der Waals surface area contributed by atoms with Gasteiger partial charge in [-0.1, -0.05) is 35.3 Å². The van der Waals surface area contributed by atoms with Crippen molar-refractivity contribution in [2.24, 2.45) is 5.92 Å². The lowest BCUT2D eigenvalue weighted by molar-refractivity contribution is 0.198. The highest BCUT2D eigenvalue weighted by Gasteiger charge is 2.18. The first-order chi connectivity index (χ1) is 14.1. The molecule has 0 spiro atoms. The summed E-state index contributed by atoms with van der Waals surface area (Å²) in [6.07, 6.45) is 5.06. The standard InChI is InChI=1S/C23H27Cl2N3O/c1-27-12-4-6-17(15-27)7-5-13-28-21-9-3-2-8-20(21)26-23(28)16-29-22-11-10-18(24)14-19(22)25/h2-3,8-11,14,17H,4-7,12-13,15-16H2,1H3. The molecule has 1 saturated heterocycles. The fourth-order valence-corrected chi connectivity index (χ4v) is 4.73. The summed E-state index contributed by atoms with van der Waals surface area (Å²) in [6.45, 7) is 3.78. The minimum Gasteiger partial charge on any atom is -0.484 e. The summed E-state index contributed by atoms with van der Waals surface area (Å²) in [7, 11) is 2.23. The Bertz CT molecular complexity index is 972. The molecule has 2 aromatic carbocycles.